The van der Waals surface area contributed by atoms with Crippen molar-refractivity contribution in [2.75, 3.05) is 5.32 Å². The zero-order valence-corrected chi connectivity index (χ0v) is 12.8. The van der Waals surface area contributed by atoms with Crippen molar-refractivity contribution in [1.82, 2.24) is 14.8 Å². The van der Waals surface area contributed by atoms with Gasteiger partial charge in [-0.3, -0.25) is 0 Å². The fraction of sp³-hybridized carbons (Fsp3) is 0.176. The number of hydrogen-bond acceptors (Lipinski definition) is 3. The Morgan fingerprint density at radius 2 is 1.74 bits per heavy atom. The molecule has 0 aliphatic heterocycles. The molecule has 23 heavy (non-hydrogen) atoms. The fourth-order valence-electron chi connectivity index (χ4n) is 2.34. The van der Waals surface area contributed by atoms with Crippen LogP contribution in [0.5, 0.6) is 0 Å². The fourth-order valence-corrected chi connectivity index (χ4v) is 2.34. The van der Waals surface area contributed by atoms with E-state index in [1.807, 2.05) is 24.6 Å². The largest absolute Gasteiger partial charge is 0.378 e. The van der Waals surface area contributed by atoms with Gasteiger partial charge in [-0.2, -0.15) is 0 Å². The maximum atomic E-state index is 13.9. The molecular weight excluding hydrogens is 298 g/mol. The molecule has 0 bridgehead atoms. The van der Waals surface area contributed by atoms with Crippen LogP contribution in [-0.2, 0) is 13.6 Å². The van der Waals surface area contributed by atoms with Gasteiger partial charge in [0.15, 0.2) is 5.82 Å². The van der Waals surface area contributed by atoms with E-state index < -0.39 is 11.6 Å². The summed E-state index contributed by atoms with van der Waals surface area (Å²) >= 11 is 0. The molecule has 0 aliphatic carbocycles. The van der Waals surface area contributed by atoms with Crippen LogP contribution in [-0.4, -0.2) is 14.8 Å². The predicted octanol–water partition coefficient (Wildman–Crippen LogP) is 3.68. The molecule has 0 radical (unpaired) electrons. The molecule has 0 saturated heterocycles. The molecule has 0 unspecified atom stereocenters. The van der Waals surface area contributed by atoms with Crippen LogP contribution in [0.25, 0.3) is 11.1 Å². The normalized spacial score (nSPS) is 10.8. The number of nitrogens with one attached hydrogen (secondary N) is 1. The molecule has 3 aromatic rings. The second-order valence-electron chi connectivity index (χ2n) is 5.25. The molecule has 6 heteroatoms. The standard InChI is InChI=1S/C17H16F2N4/c1-11-21-22-16(23(11)2)10-20-13-6-3-5-12(9-13)17-14(18)7-4-8-15(17)19/h3-9,20H,10H2,1-2H3. The number of anilines is 1. The molecule has 0 spiro atoms. The van der Waals surface area contributed by atoms with Crippen molar-refractivity contribution < 1.29 is 8.78 Å². The Bertz CT molecular complexity index is 822. The van der Waals surface area contributed by atoms with E-state index in [1.54, 1.807) is 18.2 Å². The monoisotopic (exact) mass is 314 g/mol. The summed E-state index contributed by atoms with van der Waals surface area (Å²) in [5, 5.41) is 11.3. The Kier molecular flexibility index (Phi) is 4.06. The Labute approximate surface area is 132 Å². The zero-order valence-electron chi connectivity index (χ0n) is 12.8. The second kappa shape index (κ2) is 6.16. The van der Waals surface area contributed by atoms with Crippen molar-refractivity contribution in [3.05, 3.63) is 65.7 Å². The number of nitrogens with zero attached hydrogens (tertiary/aromatic N) is 3. The van der Waals surface area contributed by atoms with E-state index in [-0.39, 0.29) is 5.56 Å². The Hall–Kier alpha value is -2.76. The second-order valence-corrected chi connectivity index (χ2v) is 5.25. The molecule has 0 amide bonds. The van der Waals surface area contributed by atoms with Crippen LogP contribution < -0.4 is 5.32 Å². The lowest BCUT2D eigenvalue weighted by Crippen LogP contribution is -2.06. The van der Waals surface area contributed by atoms with E-state index in [9.17, 15) is 8.78 Å². The number of aryl methyl sites for hydroxylation is 1. The third-order valence-electron chi connectivity index (χ3n) is 3.75. The van der Waals surface area contributed by atoms with E-state index in [1.165, 1.54) is 18.2 Å². The zero-order chi connectivity index (χ0) is 16.4. The highest BCUT2D eigenvalue weighted by Gasteiger charge is 2.11. The Morgan fingerprint density at radius 3 is 2.39 bits per heavy atom. The lowest BCUT2D eigenvalue weighted by Gasteiger charge is -2.10. The summed E-state index contributed by atoms with van der Waals surface area (Å²) in [4.78, 5) is 0. The van der Waals surface area contributed by atoms with E-state index in [2.05, 4.69) is 15.5 Å². The highest BCUT2D eigenvalue weighted by atomic mass is 19.1. The van der Waals surface area contributed by atoms with Gasteiger partial charge in [-0.25, -0.2) is 8.78 Å². The van der Waals surface area contributed by atoms with Crippen LogP contribution in [0.2, 0.25) is 0 Å². The minimum absolute atomic E-state index is 0.0225. The lowest BCUT2D eigenvalue weighted by molar-refractivity contribution is 0.589. The maximum absolute atomic E-state index is 13.9. The molecule has 1 heterocycles. The molecule has 0 atom stereocenters. The summed E-state index contributed by atoms with van der Waals surface area (Å²) in [5.74, 6) is 0.450. The molecule has 4 nitrogen and oxygen atoms in total. The van der Waals surface area contributed by atoms with Crippen molar-refractivity contribution in [1.29, 1.82) is 0 Å². The van der Waals surface area contributed by atoms with Gasteiger partial charge in [-0.15, -0.1) is 10.2 Å². The van der Waals surface area contributed by atoms with Crippen molar-refractivity contribution in [2.45, 2.75) is 13.5 Å². The van der Waals surface area contributed by atoms with Crippen LogP contribution in [0, 0.1) is 18.6 Å². The molecule has 0 saturated carbocycles. The molecule has 1 aromatic heterocycles. The maximum Gasteiger partial charge on any atom is 0.152 e. The summed E-state index contributed by atoms with van der Waals surface area (Å²) in [5.41, 5.74) is 1.22. The summed E-state index contributed by atoms with van der Waals surface area (Å²) < 4.78 is 29.7. The average molecular weight is 314 g/mol. The van der Waals surface area contributed by atoms with Crippen molar-refractivity contribution in [2.24, 2.45) is 7.05 Å². The summed E-state index contributed by atoms with van der Waals surface area (Å²) in [6.45, 7) is 2.35. The summed E-state index contributed by atoms with van der Waals surface area (Å²) in [7, 11) is 1.89. The van der Waals surface area contributed by atoms with Gasteiger partial charge in [0.05, 0.1) is 12.1 Å². The van der Waals surface area contributed by atoms with Gasteiger partial charge < -0.3 is 9.88 Å². The number of benzene rings is 2. The lowest BCUT2D eigenvalue weighted by atomic mass is 10.0. The highest BCUT2D eigenvalue weighted by Crippen LogP contribution is 2.28. The van der Waals surface area contributed by atoms with Crippen molar-refractivity contribution >= 4 is 5.69 Å². The third-order valence-corrected chi connectivity index (χ3v) is 3.75. The third kappa shape index (κ3) is 3.06. The molecule has 1 N–H and O–H groups in total. The highest BCUT2D eigenvalue weighted by molar-refractivity contribution is 5.69. The van der Waals surface area contributed by atoms with Gasteiger partial charge in [0.25, 0.3) is 0 Å². The topological polar surface area (TPSA) is 42.7 Å². The van der Waals surface area contributed by atoms with E-state index >= 15 is 0 Å². The first-order valence-corrected chi connectivity index (χ1v) is 7.19. The summed E-state index contributed by atoms with van der Waals surface area (Å²) in [6.07, 6.45) is 0. The SMILES string of the molecule is Cc1nnc(CNc2cccc(-c3c(F)cccc3F)c2)n1C. The number of halogens is 2. The molecular formula is C17H16F2N4. The number of rotatable bonds is 4. The van der Waals surface area contributed by atoms with Crippen molar-refractivity contribution in [3.8, 4) is 11.1 Å². The van der Waals surface area contributed by atoms with Crippen LogP contribution in [0.15, 0.2) is 42.5 Å². The summed E-state index contributed by atoms with van der Waals surface area (Å²) in [6, 6.07) is 10.8. The Balaban J connectivity index is 1.84. The first-order valence-electron chi connectivity index (χ1n) is 7.19. The van der Waals surface area contributed by atoms with Gasteiger partial charge in [-0.05, 0) is 36.8 Å². The van der Waals surface area contributed by atoms with Gasteiger partial charge in [0.2, 0.25) is 0 Å². The average Bonchev–Trinajstić information content (AvgIpc) is 2.85. The molecule has 0 fully saturated rings. The van der Waals surface area contributed by atoms with Gasteiger partial charge in [0.1, 0.15) is 17.5 Å². The predicted molar refractivity (Wildman–Crippen MR) is 84.9 cm³/mol. The first-order chi connectivity index (χ1) is 11.1. The van der Waals surface area contributed by atoms with Gasteiger partial charge in [-0.1, -0.05) is 18.2 Å². The minimum Gasteiger partial charge on any atom is -0.378 e. The molecule has 2 aromatic carbocycles. The number of hydrogen-bond donors (Lipinski definition) is 1. The Morgan fingerprint density at radius 1 is 1.04 bits per heavy atom. The minimum atomic E-state index is -0.578. The van der Waals surface area contributed by atoms with Crippen molar-refractivity contribution in [3.63, 3.8) is 0 Å². The smallest absolute Gasteiger partial charge is 0.152 e. The first kappa shape index (κ1) is 15.1. The molecule has 118 valence electrons. The number of aromatic nitrogens is 3. The van der Waals surface area contributed by atoms with Crippen LogP contribution in [0.4, 0.5) is 14.5 Å². The van der Waals surface area contributed by atoms with Gasteiger partial charge in [0, 0.05) is 12.7 Å². The van der Waals surface area contributed by atoms with Gasteiger partial charge >= 0.3 is 0 Å². The molecule has 3 rings (SSSR count). The van der Waals surface area contributed by atoms with Crippen LogP contribution in [0.3, 0.4) is 0 Å². The van der Waals surface area contributed by atoms with E-state index in [0.29, 0.717) is 12.1 Å². The van der Waals surface area contributed by atoms with Crippen LogP contribution in [0.1, 0.15) is 11.6 Å². The van der Waals surface area contributed by atoms with E-state index in [4.69, 9.17) is 0 Å². The van der Waals surface area contributed by atoms with E-state index in [0.717, 1.165) is 17.3 Å². The van der Waals surface area contributed by atoms with Crippen LogP contribution >= 0.6 is 0 Å². The molecule has 0 aliphatic rings. The quantitative estimate of drug-likeness (QED) is 0.799.